The quantitative estimate of drug-likeness (QED) is 0.223. The lowest BCUT2D eigenvalue weighted by atomic mass is 10.1. The molecule has 0 aromatic rings. The van der Waals surface area contributed by atoms with E-state index in [9.17, 15) is 14.8 Å². The molecule has 0 unspecified atom stereocenters. The molecule has 1 aliphatic rings. The Labute approximate surface area is 83.7 Å². The normalized spacial score (nSPS) is 42.1. The summed E-state index contributed by atoms with van der Waals surface area (Å²) in [4.78, 5) is 16.9. The molecule has 1 fully saturated rings. The average molecular weight is 246 g/mol. The van der Waals surface area contributed by atoms with Crippen LogP contribution in [0.2, 0.25) is 0 Å². The van der Waals surface area contributed by atoms with Gasteiger partial charge in [0.2, 0.25) is 5.79 Å². The molecule has 0 aromatic heterocycles. The Morgan fingerprint density at radius 3 is 2.33 bits per heavy atom. The third-order valence-electron chi connectivity index (χ3n) is 1.89. The van der Waals surface area contributed by atoms with Gasteiger partial charge in [0.05, 0.1) is 6.61 Å². The third-order valence-corrected chi connectivity index (χ3v) is 2.42. The summed E-state index contributed by atoms with van der Waals surface area (Å²) < 4.78 is 18.8. The fourth-order valence-electron chi connectivity index (χ4n) is 1.21. The summed E-state index contributed by atoms with van der Waals surface area (Å²) in [6, 6.07) is 0. The summed E-state index contributed by atoms with van der Waals surface area (Å²) in [6.07, 6.45) is -5.66. The molecule has 0 aromatic carbocycles. The number of aliphatic hydroxyl groups excluding tert-OH is 3. The molecule has 0 aliphatic carbocycles. The molecule has 10 heteroatoms. The van der Waals surface area contributed by atoms with E-state index in [0.717, 1.165) is 0 Å². The Balaban J connectivity index is 2.92. The van der Waals surface area contributed by atoms with E-state index in [4.69, 9.17) is 20.0 Å². The number of phosphoric acid groups is 1. The van der Waals surface area contributed by atoms with Gasteiger partial charge in [0, 0.05) is 0 Å². The maximum Gasteiger partial charge on any atom is 0.472 e. The van der Waals surface area contributed by atoms with Crippen molar-refractivity contribution in [2.75, 3.05) is 6.61 Å². The highest BCUT2D eigenvalue weighted by atomic mass is 31.2. The molecular weight excluding hydrogens is 235 g/mol. The number of aliphatic hydroxyl groups is 4. The van der Waals surface area contributed by atoms with Crippen molar-refractivity contribution in [3.05, 3.63) is 0 Å². The van der Waals surface area contributed by atoms with Crippen molar-refractivity contribution in [3.8, 4) is 0 Å². The van der Waals surface area contributed by atoms with E-state index in [1.54, 1.807) is 0 Å². The Bertz CT molecular complexity index is 276. The molecule has 1 saturated heterocycles. The van der Waals surface area contributed by atoms with Crippen molar-refractivity contribution >= 4 is 7.82 Å². The van der Waals surface area contributed by atoms with Crippen LogP contribution in [0.1, 0.15) is 0 Å². The summed E-state index contributed by atoms with van der Waals surface area (Å²) in [7, 11) is -5.11. The first-order valence-corrected chi connectivity index (χ1v) is 5.35. The molecule has 0 amide bonds. The Kier molecular flexibility index (Phi) is 3.51. The van der Waals surface area contributed by atoms with Gasteiger partial charge in [-0.05, 0) is 0 Å². The molecule has 1 heterocycles. The minimum Gasteiger partial charge on any atom is -0.393 e. The minimum atomic E-state index is -5.11. The molecule has 15 heavy (non-hydrogen) atoms. The van der Waals surface area contributed by atoms with E-state index in [2.05, 4.69) is 9.26 Å². The fourth-order valence-corrected chi connectivity index (χ4v) is 1.82. The lowest BCUT2D eigenvalue weighted by molar-refractivity contribution is -0.224. The van der Waals surface area contributed by atoms with E-state index in [1.807, 2.05) is 0 Å². The summed E-state index contributed by atoms with van der Waals surface area (Å²) in [5.74, 6) is -2.85. The molecule has 90 valence electrons. The van der Waals surface area contributed by atoms with Crippen LogP contribution < -0.4 is 0 Å². The van der Waals surface area contributed by atoms with Crippen LogP contribution in [0, 0.1) is 0 Å². The van der Waals surface area contributed by atoms with Gasteiger partial charge >= 0.3 is 7.82 Å². The lowest BCUT2D eigenvalue weighted by Crippen LogP contribution is -2.51. The fraction of sp³-hybridized carbons (Fsp3) is 1.00. The summed E-state index contributed by atoms with van der Waals surface area (Å²) >= 11 is 0. The van der Waals surface area contributed by atoms with Gasteiger partial charge in [-0.2, -0.15) is 0 Å². The van der Waals surface area contributed by atoms with E-state index < -0.39 is 38.7 Å². The topological polar surface area (TPSA) is 157 Å². The number of rotatable bonds is 3. The van der Waals surface area contributed by atoms with Crippen LogP contribution in [0.3, 0.4) is 0 Å². The van der Waals surface area contributed by atoms with Crippen LogP contribution in [0.4, 0.5) is 0 Å². The highest BCUT2D eigenvalue weighted by Gasteiger charge is 2.59. The van der Waals surface area contributed by atoms with Crippen LogP contribution in [0.5, 0.6) is 0 Å². The largest absolute Gasteiger partial charge is 0.472 e. The first-order chi connectivity index (χ1) is 6.70. The number of hydrogen-bond donors (Lipinski definition) is 6. The molecule has 0 radical (unpaired) electrons. The van der Waals surface area contributed by atoms with Crippen LogP contribution >= 0.6 is 7.82 Å². The summed E-state index contributed by atoms with van der Waals surface area (Å²) in [5, 5.41) is 36.3. The predicted octanol–water partition coefficient (Wildman–Crippen LogP) is -3.15. The van der Waals surface area contributed by atoms with E-state index in [0.29, 0.717) is 0 Å². The predicted molar refractivity (Wildman–Crippen MR) is 42.1 cm³/mol. The summed E-state index contributed by atoms with van der Waals surface area (Å²) in [5.41, 5.74) is 0. The van der Waals surface area contributed by atoms with Gasteiger partial charge < -0.3 is 34.9 Å². The van der Waals surface area contributed by atoms with Crippen LogP contribution in [-0.4, -0.2) is 61.1 Å². The molecule has 6 N–H and O–H groups in total. The molecule has 1 rings (SSSR count). The van der Waals surface area contributed by atoms with Crippen molar-refractivity contribution in [2.24, 2.45) is 0 Å². The number of hydrogen-bond acceptors (Lipinski definition) is 7. The standard InChI is InChI=1S/C5H11O9P/c6-1-2-5(9,14-15(10,11)12)3(7)4(8)13-2/h2-4,6-9H,1H2,(H2,10,11,12)/t2-,3+,4+,5+/m1/s1. The average Bonchev–Trinajstić information content (AvgIpc) is 2.26. The number of ether oxygens (including phenoxy) is 1. The van der Waals surface area contributed by atoms with Gasteiger partial charge in [-0.15, -0.1) is 0 Å². The minimum absolute atomic E-state index is 0.898. The molecule has 0 saturated carbocycles. The third kappa shape index (κ3) is 2.53. The van der Waals surface area contributed by atoms with Gasteiger partial charge in [-0.3, -0.25) is 0 Å². The van der Waals surface area contributed by atoms with Crippen LogP contribution in [-0.2, 0) is 13.8 Å². The SMILES string of the molecule is O=P(O)(O)O[C@@]1(O)[C@@H](CO)O[C@H](O)[C@@H]1O. The molecular formula is C5H11O9P. The monoisotopic (exact) mass is 246 g/mol. The Hall–Kier alpha value is -0.0900. The second-order valence-electron chi connectivity index (χ2n) is 2.98. The second kappa shape index (κ2) is 4.06. The van der Waals surface area contributed by atoms with Crippen molar-refractivity contribution in [3.63, 3.8) is 0 Å². The highest BCUT2D eigenvalue weighted by molar-refractivity contribution is 7.46. The smallest absolute Gasteiger partial charge is 0.393 e. The Morgan fingerprint density at radius 1 is 1.40 bits per heavy atom. The Morgan fingerprint density at radius 2 is 1.93 bits per heavy atom. The molecule has 0 spiro atoms. The second-order valence-corrected chi connectivity index (χ2v) is 4.14. The maximum absolute atomic E-state index is 10.5. The van der Waals surface area contributed by atoms with Crippen molar-refractivity contribution in [1.82, 2.24) is 0 Å². The number of phosphoric ester groups is 1. The van der Waals surface area contributed by atoms with E-state index in [-0.39, 0.29) is 0 Å². The van der Waals surface area contributed by atoms with Gasteiger partial charge in [0.1, 0.15) is 6.10 Å². The summed E-state index contributed by atoms with van der Waals surface area (Å²) in [6.45, 7) is -0.898. The zero-order chi connectivity index (χ0) is 11.9. The van der Waals surface area contributed by atoms with E-state index in [1.165, 1.54) is 0 Å². The van der Waals surface area contributed by atoms with Gasteiger partial charge in [0.15, 0.2) is 12.4 Å². The van der Waals surface area contributed by atoms with Gasteiger partial charge in [-0.25, -0.2) is 9.09 Å². The maximum atomic E-state index is 10.5. The first kappa shape index (κ1) is 13.0. The van der Waals surface area contributed by atoms with Crippen molar-refractivity contribution < 1.29 is 44.0 Å². The van der Waals surface area contributed by atoms with E-state index >= 15 is 0 Å². The first-order valence-electron chi connectivity index (χ1n) is 3.82. The lowest BCUT2D eigenvalue weighted by Gasteiger charge is -2.29. The van der Waals surface area contributed by atoms with Crippen LogP contribution in [0.15, 0.2) is 0 Å². The molecule has 4 atom stereocenters. The molecule has 0 bridgehead atoms. The van der Waals surface area contributed by atoms with Gasteiger partial charge in [-0.1, -0.05) is 0 Å². The zero-order valence-corrected chi connectivity index (χ0v) is 8.19. The van der Waals surface area contributed by atoms with Crippen LogP contribution in [0.25, 0.3) is 0 Å². The van der Waals surface area contributed by atoms with Crippen molar-refractivity contribution in [1.29, 1.82) is 0 Å². The zero-order valence-electron chi connectivity index (χ0n) is 7.29. The van der Waals surface area contributed by atoms with Gasteiger partial charge in [0.25, 0.3) is 0 Å². The molecule has 1 aliphatic heterocycles. The van der Waals surface area contributed by atoms with Crippen molar-refractivity contribution in [2.45, 2.75) is 24.3 Å². The molecule has 9 nitrogen and oxygen atoms in total. The highest BCUT2D eigenvalue weighted by Crippen LogP contribution is 2.46.